The normalized spacial score (nSPS) is 22.4. The molecular weight excluding hydrogens is 544 g/mol. The number of benzene rings is 1. The van der Waals surface area contributed by atoms with Crippen LogP contribution in [0, 0.1) is 0 Å². The van der Waals surface area contributed by atoms with E-state index in [1.807, 2.05) is 13.8 Å². The van der Waals surface area contributed by atoms with Crippen molar-refractivity contribution in [3.63, 3.8) is 0 Å². The molecule has 232 valence electrons. The molecule has 42 heavy (non-hydrogen) atoms. The van der Waals surface area contributed by atoms with Gasteiger partial charge in [-0.1, -0.05) is 23.4 Å². The third-order valence-electron chi connectivity index (χ3n) is 6.65. The summed E-state index contributed by atoms with van der Waals surface area (Å²) < 4.78 is 28.1. The largest absolute Gasteiger partial charge is 0.467 e. The molecule has 2 heterocycles. The second-order valence-electron chi connectivity index (χ2n) is 10.0. The standard InChI is InChI=1S/C31H44N2O9/c1-4-37-21-39-27-18-24-17-25(32-41-20-29(35)33-15-7-6-8-16-33)12-10-14-26(34)13-9-11-23(3)42-31(36)30(24)28(19-27)40-22-38-5-2/h9-10,12-13,18-19,23,26,34H,4-8,11,14-17,20-22H2,1-3H3/b12-10+,13-9+,32-25+/t23-,26+/m1/s1. The number of ether oxygens (including phenoxy) is 5. The third kappa shape index (κ3) is 11.1. The maximum atomic E-state index is 13.5. The second-order valence-corrected chi connectivity index (χ2v) is 10.0. The molecular formula is C31H44N2O9. The van der Waals surface area contributed by atoms with Crippen LogP contribution in [0.4, 0.5) is 0 Å². The molecule has 11 heteroatoms. The van der Waals surface area contributed by atoms with Crippen LogP contribution >= 0.6 is 0 Å². The SMILES string of the molecule is CCOCOc1cc2c(c(OCOCC)c1)C(=O)O[C@H](C)C/C=C/[C@H](O)C/C=C/C(=N\OCC(=O)N1CCCCC1)C2. The Hall–Kier alpha value is -3.41. The van der Waals surface area contributed by atoms with Gasteiger partial charge in [0.25, 0.3) is 5.91 Å². The van der Waals surface area contributed by atoms with E-state index in [1.165, 1.54) is 0 Å². The lowest BCUT2D eigenvalue weighted by atomic mass is 9.99. The number of nitrogens with zero attached hydrogens (tertiary/aromatic N) is 2. The fourth-order valence-corrected chi connectivity index (χ4v) is 4.46. The van der Waals surface area contributed by atoms with Gasteiger partial charge in [0.1, 0.15) is 23.2 Å². The van der Waals surface area contributed by atoms with Gasteiger partial charge in [0.05, 0.1) is 11.8 Å². The predicted octanol–water partition coefficient (Wildman–Crippen LogP) is 4.17. The number of aliphatic hydroxyl groups is 1. The number of fused-ring (bicyclic) bond motifs is 1. The van der Waals surface area contributed by atoms with Crippen LogP contribution in [0.5, 0.6) is 11.5 Å². The number of allylic oxidation sites excluding steroid dienone is 1. The summed E-state index contributed by atoms with van der Waals surface area (Å²) in [5, 5.41) is 14.6. The zero-order chi connectivity index (χ0) is 30.2. The lowest BCUT2D eigenvalue weighted by molar-refractivity contribution is -0.137. The van der Waals surface area contributed by atoms with Gasteiger partial charge in [-0.2, -0.15) is 0 Å². The average molecular weight is 589 g/mol. The van der Waals surface area contributed by atoms with Crippen LogP contribution in [-0.4, -0.2) is 86.3 Å². The number of hydrogen-bond donors (Lipinski definition) is 1. The summed E-state index contributed by atoms with van der Waals surface area (Å²) in [6, 6.07) is 3.30. The fourth-order valence-electron chi connectivity index (χ4n) is 4.46. The number of likely N-dealkylation sites (tertiary alicyclic amines) is 1. The zero-order valence-corrected chi connectivity index (χ0v) is 24.9. The van der Waals surface area contributed by atoms with Gasteiger partial charge < -0.3 is 38.5 Å². The van der Waals surface area contributed by atoms with E-state index in [9.17, 15) is 14.7 Å². The smallest absolute Gasteiger partial charge is 0.342 e. The Morgan fingerprint density at radius 2 is 1.79 bits per heavy atom. The number of carbonyl (C=O) groups excluding carboxylic acids is 2. The van der Waals surface area contributed by atoms with Gasteiger partial charge in [-0.05, 0) is 64.2 Å². The first-order valence-electron chi connectivity index (χ1n) is 14.7. The van der Waals surface area contributed by atoms with E-state index >= 15 is 0 Å². The summed E-state index contributed by atoms with van der Waals surface area (Å²) in [4.78, 5) is 33.5. The van der Waals surface area contributed by atoms with Crippen molar-refractivity contribution < 1.29 is 43.2 Å². The Morgan fingerprint density at radius 3 is 2.52 bits per heavy atom. The number of esters is 1. The Morgan fingerprint density at radius 1 is 1.05 bits per heavy atom. The topological polar surface area (TPSA) is 125 Å². The molecule has 0 bridgehead atoms. The van der Waals surface area contributed by atoms with Crippen molar-refractivity contribution in [3.8, 4) is 11.5 Å². The van der Waals surface area contributed by atoms with Gasteiger partial charge in [0, 0.05) is 45.2 Å². The van der Waals surface area contributed by atoms with Gasteiger partial charge in [-0.25, -0.2) is 4.79 Å². The molecule has 11 nitrogen and oxygen atoms in total. The van der Waals surface area contributed by atoms with Crippen molar-refractivity contribution in [2.24, 2.45) is 5.16 Å². The number of rotatable bonds is 11. The third-order valence-corrected chi connectivity index (χ3v) is 6.65. The average Bonchev–Trinajstić information content (AvgIpc) is 2.97. The maximum Gasteiger partial charge on any atom is 0.342 e. The molecule has 1 saturated heterocycles. The summed E-state index contributed by atoms with van der Waals surface area (Å²) in [7, 11) is 0. The van der Waals surface area contributed by atoms with Crippen LogP contribution in [0.2, 0.25) is 0 Å². The molecule has 3 rings (SSSR count). The lowest BCUT2D eigenvalue weighted by Gasteiger charge is -2.26. The first kappa shape index (κ1) is 33.1. The number of aliphatic hydroxyl groups excluding tert-OH is 1. The second kappa shape index (κ2) is 18.2. The van der Waals surface area contributed by atoms with Gasteiger partial charge in [0.15, 0.2) is 20.2 Å². The van der Waals surface area contributed by atoms with E-state index in [0.29, 0.717) is 56.2 Å². The molecule has 1 N–H and O–H groups in total. The first-order chi connectivity index (χ1) is 20.4. The predicted molar refractivity (Wildman–Crippen MR) is 157 cm³/mol. The van der Waals surface area contributed by atoms with Gasteiger partial charge in [-0.15, -0.1) is 0 Å². The van der Waals surface area contributed by atoms with Gasteiger partial charge in [0.2, 0.25) is 0 Å². The number of hydrogen-bond acceptors (Lipinski definition) is 10. The van der Waals surface area contributed by atoms with Crippen molar-refractivity contribution in [2.75, 3.05) is 46.5 Å². The van der Waals surface area contributed by atoms with Crippen LogP contribution in [0.1, 0.15) is 68.8 Å². The van der Waals surface area contributed by atoms with Crippen molar-refractivity contribution in [1.82, 2.24) is 4.90 Å². The maximum absolute atomic E-state index is 13.5. The molecule has 1 aromatic rings. The Bertz CT molecular complexity index is 1100. The summed E-state index contributed by atoms with van der Waals surface area (Å²) in [6.07, 6.45) is 9.71. The van der Waals surface area contributed by atoms with E-state index in [0.717, 1.165) is 19.3 Å². The van der Waals surface area contributed by atoms with E-state index in [4.69, 9.17) is 28.5 Å². The molecule has 0 saturated carbocycles. The van der Waals surface area contributed by atoms with E-state index in [-0.39, 0.29) is 43.8 Å². The lowest BCUT2D eigenvalue weighted by Crippen LogP contribution is -2.37. The highest BCUT2D eigenvalue weighted by Gasteiger charge is 2.24. The molecule has 1 aromatic carbocycles. The highest BCUT2D eigenvalue weighted by Crippen LogP contribution is 2.32. The number of amides is 1. The minimum Gasteiger partial charge on any atom is -0.467 e. The van der Waals surface area contributed by atoms with Crippen LogP contribution < -0.4 is 9.47 Å². The molecule has 0 aromatic heterocycles. The fraction of sp³-hybridized carbons (Fsp3) is 0.581. The highest BCUT2D eigenvalue weighted by atomic mass is 16.7. The summed E-state index contributed by atoms with van der Waals surface area (Å²) in [6.45, 7) is 7.54. The molecule has 2 atom stereocenters. The van der Waals surface area contributed by atoms with Crippen LogP contribution in [0.25, 0.3) is 0 Å². The van der Waals surface area contributed by atoms with E-state index in [1.54, 1.807) is 48.3 Å². The van der Waals surface area contributed by atoms with Crippen molar-refractivity contribution in [3.05, 3.63) is 47.6 Å². The Labute approximate surface area is 248 Å². The molecule has 1 fully saturated rings. The summed E-state index contributed by atoms with van der Waals surface area (Å²) in [5.74, 6) is -0.0673. The number of oxime groups is 1. The molecule has 2 aliphatic rings. The summed E-state index contributed by atoms with van der Waals surface area (Å²) in [5.41, 5.74) is 1.14. The minimum atomic E-state index is -0.723. The summed E-state index contributed by atoms with van der Waals surface area (Å²) >= 11 is 0. The quantitative estimate of drug-likeness (QED) is 0.133. The van der Waals surface area contributed by atoms with Crippen molar-refractivity contribution in [1.29, 1.82) is 0 Å². The Balaban J connectivity index is 1.98. The molecule has 1 amide bonds. The van der Waals surface area contributed by atoms with Crippen molar-refractivity contribution >= 4 is 17.6 Å². The van der Waals surface area contributed by atoms with Gasteiger partial charge in [-0.3, -0.25) is 4.79 Å². The van der Waals surface area contributed by atoms with Gasteiger partial charge >= 0.3 is 5.97 Å². The highest BCUT2D eigenvalue weighted by molar-refractivity contribution is 6.00. The number of carbonyl (C=O) groups is 2. The van der Waals surface area contributed by atoms with Crippen LogP contribution in [0.3, 0.4) is 0 Å². The minimum absolute atomic E-state index is 0.00840. The molecule has 0 spiro atoms. The molecule has 0 radical (unpaired) electrons. The Kier molecular flexibility index (Phi) is 14.3. The monoisotopic (exact) mass is 588 g/mol. The first-order valence-corrected chi connectivity index (χ1v) is 14.7. The number of cyclic esters (lactones) is 1. The van der Waals surface area contributed by atoms with Crippen LogP contribution in [-0.2, 0) is 30.3 Å². The number of piperidine rings is 1. The molecule has 0 unspecified atom stereocenters. The van der Waals surface area contributed by atoms with E-state index in [2.05, 4.69) is 5.16 Å². The van der Waals surface area contributed by atoms with Crippen molar-refractivity contribution in [2.45, 2.75) is 71.5 Å². The van der Waals surface area contributed by atoms with Crippen LogP contribution in [0.15, 0.2) is 41.6 Å². The molecule has 2 aliphatic heterocycles. The zero-order valence-electron chi connectivity index (χ0n) is 24.9. The molecule has 0 aliphatic carbocycles. The van der Waals surface area contributed by atoms with E-state index < -0.39 is 18.2 Å².